The number of aromatic nitrogens is 2. The fourth-order valence-electron chi connectivity index (χ4n) is 1.67. The maximum Gasteiger partial charge on any atom is 0.297 e. The van der Waals surface area contributed by atoms with E-state index in [9.17, 15) is 9.90 Å². The Morgan fingerprint density at radius 2 is 1.90 bits per heavy atom. The summed E-state index contributed by atoms with van der Waals surface area (Å²) in [7, 11) is 0. The van der Waals surface area contributed by atoms with Crippen LogP contribution in [0.4, 0.5) is 0 Å². The van der Waals surface area contributed by atoms with E-state index in [1.807, 2.05) is 51.1 Å². The van der Waals surface area contributed by atoms with Crippen molar-refractivity contribution in [2.75, 3.05) is 0 Å². The van der Waals surface area contributed by atoms with Crippen LogP contribution < -0.4 is 10.3 Å². The zero-order valence-corrected chi connectivity index (χ0v) is 11.8. The number of nitrogens with one attached hydrogen (secondary N) is 1. The number of benzene rings is 1. The first-order chi connectivity index (χ1) is 9.38. The van der Waals surface area contributed by atoms with Gasteiger partial charge in [-0.05, 0) is 5.56 Å². The summed E-state index contributed by atoms with van der Waals surface area (Å²) in [5, 5.41) is 9.86. The summed E-state index contributed by atoms with van der Waals surface area (Å²) >= 11 is 0. The molecule has 0 fully saturated rings. The lowest BCUT2D eigenvalue weighted by Crippen LogP contribution is -2.23. The second kappa shape index (κ2) is 5.36. The van der Waals surface area contributed by atoms with Crippen molar-refractivity contribution in [1.82, 2.24) is 9.97 Å². The molecule has 0 aliphatic heterocycles. The number of H-pyrrole nitrogens is 1. The third-order valence-corrected chi connectivity index (χ3v) is 2.80. The highest BCUT2D eigenvalue weighted by Gasteiger charge is 2.21. The van der Waals surface area contributed by atoms with Gasteiger partial charge in [0.2, 0.25) is 5.75 Å². The van der Waals surface area contributed by atoms with Gasteiger partial charge in [0.25, 0.3) is 11.4 Å². The largest absolute Gasteiger partial charge is 0.490 e. The van der Waals surface area contributed by atoms with Crippen LogP contribution in [-0.2, 0) is 12.0 Å². The van der Waals surface area contributed by atoms with Crippen LogP contribution in [-0.4, -0.2) is 15.1 Å². The third kappa shape index (κ3) is 3.17. The van der Waals surface area contributed by atoms with Crippen LogP contribution in [0.1, 0.15) is 32.2 Å². The van der Waals surface area contributed by atoms with Crippen LogP contribution in [0, 0.1) is 0 Å². The number of hydrogen-bond donors (Lipinski definition) is 2. The normalized spacial score (nSPS) is 11.3. The highest BCUT2D eigenvalue weighted by atomic mass is 16.5. The summed E-state index contributed by atoms with van der Waals surface area (Å²) in [4.78, 5) is 18.6. The molecule has 2 aromatic rings. The summed E-state index contributed by atoms with van der Waals surface area (Å²) in [6.45, 7) is 5.90. The van der Waals surface area contributed by atoms with Crippen LogP contribution >= 0.6 is 0 Å². The molecule has 0 aliphatic rings. The topological polar surface area (TPSA) is 75.2 Å². The summed E-state index contributed by atoms with van der Waals surface area (Å²) in [6, 6.07) is 9.41. The Labute approximate surface area is 117 Å². The third-order valence-electron chi connectivity index (χ3n) is 2.80. The molecule has 20 heavy (non-hydrogen) atoms. The van der Waals surface area contributed by atoms with Gasteiger partial charge >= 0.3 is 0 Å². The van der Waals surface area contributed by atoms with Crippen molar-refractivity contribution in [3.63, 3.8) is 0 Å². The van der Waals surface area contributed by atoms with E-state index < -0.39 is 5.56 Å². The predicted molar refractivity (Wildman–Crippen MR) is 76.0 cm³/mol. The molecule has 0 aliphatic carbocycles. The van der Waals surface area contributed by atoms with Crippen LogP contribution in [0.2, 0.25) is 0 Å². The number of ether oxygens (including phenoxy) is 1. The maximum absolute atomic E-state index is 11.9. The summed E-state index contributed by atoms with van der Waals surface area (Å²) in [5.74, 6) is -0.108. The Morgan fingerprint density at radius 3 is 2.45 bits per heavy atom. The molecule has 106 valence electrons. The minimum Gasteiger partial charge on any atom is -0.490 e. The maximum atomic E-state index is 11.9. The highest BCUT2D eigenvalue weighted by molar-refractivity contribution is 5.31. The Balaban J connectivity index is 2.23. The molecule has 1 aromatic heterocycles. The molecule has 0 saturated heterocycles. The van der Waals surface area contributed by atoms with Gasteiger partial charge in [0, 0.05) is 5.41 Å². The van der Waals surface area contributed by atoms with Gasteiger partial charge < -0.3 is 14.8 Å². The fourth-order valence-corrected chi connectivity index (χ4v) is 1.67. The van der Waals surface area contributed by atoms with Crippen molar-refractivity contribution in [3.8, 4) is 11.6 Å². The molecule has 0 spiro atoms. The van der Waals surface area contributed by atoms with Crippen LogP contribution in [0.5, 0.6) is 11.6 Å². The molecule has 1 heterocycles. The lowest BCUT2D eigenvalue weighted by molar-refractivity contribution is 0.277. The molecule has 5 heteroatoms. The molecule has 0 bridgehead atoms. The van der Waals surface area contributed by atoms with Crippen molar-refractivity contribution in [2.45, 2.75) is 32.8 Å². The molecule has 0 saturated carbocycles. The molecular weight excluding hydrogens is 256 g/mol. The van der Waals surface area contributed by atoms with E-state index in [2.05, 4.69) is 9.97 Å². The number of rotatable bonds is 3. The number of hydrogen-bond acceptors (Lipinski definition) is 4. The van der Waals surface area contributed by atoms with E-state index in [1.165, 1.54) is 0 Å². The molecule has 1 aromatic carbocycles. The second-order valence-corrected chi connectivity index (χ2v) is 5.59. The summed E-state index contributed by atoms with van der Waals surface area (Å²) in [5.41, 5.74) is 0.0822. The average molecular weight is 274 g/mol. The Morgan fingerprint density at radius 1 is 1.25 bits per heavy atom. The fraction of sp³-hybridized carbons (Fsp3) is 0.333. The zero-order valence-electron chi connectivity index (χ0n) is 11.8. The van der Waals surface area contributed by atoms with E-state index in [0.717, 1.165) is 5.56 Å². The first kappa shape index (κ1) is 14.1. The molecular formula is C15H18N2O3. The first-order valence-corrected chi connectivity index (χ1v) is 6.38. The SMILES string of the molecule is CC(C)(C)c1nc(O)c(OCc2ccccc2)c(=O)[nH]1. The van der Waals surface area contributed by atoms with Crippen LogP contribution in [0.15, 0.2) is 35.1 Å². The van der Waals surface area contributed by atoms with Crippen molar-refractivity contribution < 1.29 is 9.84 Å². The monoisotopic (exact) mass is 274 g/mol. The van der Waals surface area contributed by atoms with Gasteiger partial charge in [0.1, 0.15) is 12.4 Å². The standard InChI is InChI=1S/C15H18N2O3/c1-15(2,3)14-16-12(18)11(13(19)17-14)20-9-10-7-5-4-6-8-10/h4-8H,9H2,1-3H3,(H2,16,17,18,19). The molecule has 2 N–H and O–H groups in total. The van der Waals surface area contributed by atoms with Crippen molar-refractivity contribution in [2.24, 2.45) is 0 Å². The summed E-state index contributed by atoms with van der Waals surface area (Å²) < 4.78 is 5.37. The molecule has 0 radical (unpaired) electrons. The van der Waals surface area contributed by atoms with Crippen molar-refractivity contribution in [1.29, 1.82) is 0 Å². The van der Waals surface area contributed by atoms with Crippen molar-refractivity contribution in [3.05, 3.63) is 52.1 Å². The molecule has 2 rings (SSSR count). The Bertz CT molecular complexity index is 642. The Kier molecular flexibility index (Phi) is 3.79. The lowest BCUT2D eigenvalue weighted by atomic mass is 9.96. The van der Waals surface area contributed by atoms with E-state index >= 15 is 0 Å². The van der Waals surface area contributed by atoms with E-state index in [0.29, 0.717) is 5.82 Å². The van der Waals surface area contributed by atoms with Crippen LogP contribution in [0.3, 0.4) is 0 Å². The van der Waals surface area contributed by atoms with Crippen LogP contribution in [0.25, 0.3) is 0 Å². The summed E-state index contributed by atoms with van der Waals surface area (Å²) in [6.07, 6.45) is 0. The minimum absolute atomic E-state index is 0.151. The average Bonchev–Trinajstić information content (AvgIpc) is 2.37. The van der Waals surface area contributed by atoms with Gasteiger partial charge in [0.15, 0.2) is 0 Å². The van der Waals surface area contributed by atoms with Gasteiger partial charge in [-0.15, -0.1) is 0 Å². The highest BCUT2D eigenvalue weighted by Crippen LogP contribution is 2.24. The van der Waals surface area contributed by atoms with Gasteiger partial charge in [-0.1, -0.05) is 51.1 Å². The first-order valence-electron chi connectivity index (χ1n) is 6.38. The molecule has 0 unspecified atom stereocenters. The Hall–Kier alpha value is -2.30. The van der Waals surface area contributed by atoms with Gasteiger partial charge in [-0.25, -0.2) is 0 Å². The minimum atomic E-state index is -0.474. The molecule has 0 atom stereocenters. The van der Waals surface area contributed by atoms with Gasteiger partial charge in [-0.2, -0.15) is 4.98 Å². The lowest BCUT2D eigenvalue weighted by Gasteiger charge is -2.17. The number of aromatic amines is 1. The smallest absolute Gasteiger partial charge is 0.297 e. The molecule has 5 nitrogen and oxygen atoms in total. The number of aromatic hydroxyl groups is 1. The molecule has 0 amide bonds. The van der Waals surface area contributed by atoms with Gasteiger partial charge in [-0.3, -0.25) is 4.79 Å². The quantitative estimate of drug-likeness (QED) is 0.901. The van der Waals surface area contributed by atoms with E-state index in [-0.39, 0.29) is 23.7 Å². The predicted octanol–water partition coefficient (Wildman–Crippen LogP) is 2.35. The van der Waals surface area contributed by atoms with E-state index in [1.54, 1.807) is 0 Å². The zero-order chi connectivity index (χ0) is 14.8. The second-order valence-electron chi connectivity index (χ2n) is 5.59. The van der Waals surface area contributed by atoms with Gasteiger partial charge in [0.05, 0.1) is 0 Å². The van der Waals surface area contributed by atoms with Crippen molar-refractivity contribution >= 4 is 0 Å². The van der Waals surface area contributed by atoms with E-state index in [4.69, 9.17) is 4.74 Å². The number of nitrogens with zero attached hydrogens (tertiary/aromatic N) is 1.